The summed E-state index contributed by atoms with van der Waals surface area (Å²) in [5.74, 6) is 17.3. The van der Waals surface area contributed by atoms with Crippen LogP contribution in [0.3, 0.4) is 0 Å². The molecule has 29 unspecified atom stereocenters. The van der Waals surface area contributed by atoms with Crippen molar-refractivity contribution in [2.24, 2.45) is 118 Å². The maximum atomic E-state index is 5.94. The molecule has 18 aliphatic rings. The van der Waals surface area contributed by atoms with Crippen molar-refractivity contribution < 1.29 is 46.4 Å². The molecule has 0 aromatic carbocycles. The van der Waals surface area contributed by atoms with Crippen molar-refractivity contribution in [1.29, 1.82) is 0 Å². The second-order valence-electron chi connectivity index (χ2n) is 50.7. The first kappa shape index (κ1) is 132. The Hall–Kier alpha value is -0.189. The number of allylic oxidation sites excluding steroid dienone is 32. The minimum atomic E-state index is -1.40. The van der Waals surface area contributed by atoms with Crippen LogP contribution in [-0.4, -0.2) is 52.6 Å². The van der Waals surface area contributed by atoms with Crippen molar-refractivity contribution in [2.45, 2.75) is 466 Å². The Morgan fingerprint density at radius 1 is 0.268 bits per heavy atom. The molecule has 0 saturated heterocycles. The molecule has 0 N–H and O–H groups in total. The van der Waals surface area contributed by atoms with Crippen molar-refractivity contribution >= 4 is 74.4 Å². The van der Waals surface area contributed by atoms with Gasteiger partial charge in [-0.05, 0) is 265 Å². The van der Waals surface area contributed by atoms with Crippen LogP contribution in [0.1, 0.15) is 340 Å². The van der Waals surface area contributed by atoms with Gasteiger partial charge in [-0.25, -0.2) is 0 Å². The number of fused-ring (bicyclic) bond motifs is 9. The summed E-state index contributed by atoms with van der Waals surface area (Å²) >= 11 is -1.65. The predicted octanol–water partition coefficient (Wildman–Crippen LogP) is 44.8. The van der Waals surface area contributed by atoms with E-state index in [0.717, 1.165) is 180 Å². The van der Waals surface area contributed by atoms with Gasteiger partial charge in [-0.3, -0.25) is 0 Å². The van der Waals surface area contributed by atoms with E-state index in [2.05, 4.69) is 343 Å². The molecular formula is C130H222Cl4OSi5Zr2. The van der Waals surface area contributed by atoms with Crippen LogP contribution in [-0.2, 0) is 46.4 Å². The predicted molar refractivity (Wildman–Crippen MR) is 651 cm³/mol. The van der Waals surface area contributed by atoms with Crippen molar-refractivity contribution in [3.8, 4) is 0 Å². The normalized spacial score (nSPS) is 34.3. The standard InChI is InChI=1S/C29H46OSi.C28H44Si.2C20H28Si.C20H40Si.3C3H8.4CH3.4ClH.2Zr/c1-29(2,3)30-21-13-5-6-14-22-31(4,23-15-7-8-16-23)28-26-19-11-9-17-24(26)25-18-10-12-20-27(25)28;1-5-7-13-21-19-27(25-17-11-9-15-23(21)25)29(3,4)28-20-22(14-8-6-2)24-16-10-12-18-26(24)28;2*1-21(2,19-13-11-15-7-3-5-9-17(15)19)20-14-12-16-8-4-6-10-18(16)20;1-5-7-9-17-11-13-19(15-17)21(3,4)20-14-12-18(16-20)10-8-6-2;3*1-3-2;;;;;;;;;;/h9-12,17-20,23-28H,5-8,13-16,21-22H2,1-4H3;9-12,15-18,21-28H,5-8,13-14,19-20H2,1-4H3;2*3-10,15-20H,11-14H2,1-2H3;17-20H,5-16H2,1-4H3;3*3H2,1-2H3;4*1H3;4*1H;;/q;;;;;;;;4*-1;;;;;2*+4/p-4. The van der Waals surface area contributed by atoms with Crippen LogP contribution < -0.4 is 0 Å². The Morgan fingerprint density at radius 3 is 0.845 bits per heavy atom. The molecule has 10 fully saturated rings. The molecule has 18 aliphatic carbocycles. The van der Waals surface area contributed by atoms with Gasteiger partial charge >= 0.3 is 75.7 Å². The van der Waals surface area contributed by atoms with Gasteiger partial charge in [-0.15, -0.1) is 0 Å². The van der Waals surface area contributed by atoms with Crippen LogP contribution >= 0.6 is 34.1 Å². The van der Waals surface area contributed by atoms with Crippen molar-refractivity contribution in [3.63, 3.8) is 0 Å². The van der Waals surface area contributed by atoms with Crippen LogP contribution in [0.5, 0.6) is 0 Å². The molecule has 29 atom stereocenters. The van der Waals surface area contributed by atoms with Crippen LogP contribution in [0.4, 0.5) is 0 Å². The average molecular weight is 2270 g/mol. The molecule has 0 amide bonds. The summed E-state index contributed by atoms with van der Waals surface area (Å²) < 4.78 is 5.94. The SMILES string of the molecule is CC(C)(C)OCCCCCC[Si](C)(C1CCCC1)C1C2C=CC=CC2C2C=CC=CC21.CCC.CCC.CCC.CCCCC1CC([Si](C)(C)C2CC(CCCC)C3C=CC=CC32)C2C=CC=CC12.CCCCC1CCC([Si](C)(C)C2CCC(CCCC)C2)C1.C[Si](C)(C1CCC2C=CC=CC21)C1CCC2C=CC=CC21.C[Si](C)(C1CCC2C=CC=CC21)C1CCC2C=CC=CC21.[CH3-].[CH3-].[CH3-].[CH3-].[Cl][Zr+2][Cl].[Cl][Zr+2][Cl]. The fourth-order valence-electron chi connectivity index (χ4n) is 32.4. The van der Waals surface area contributed by atoms with Crippen LogP contribution in [0.2, 0.25) is 120 Å². The second-order valence-corrected chi connectivity index (χ2v) is 83.8. The maximum absolute atomic E-state index is 5.94. The fourth-order valence-corrected chi connectivity index (χ4v) is 58.4. The average Bonchev–Trinajstić information content (AvgIpc) is 1.57. The topological polar surface area (TPSA) is 9.23 Å². The van der Waals surface area contributed by atoms with E-state index in [1.54, 1.807) is 44.6 Å². The van der Waals surface area contributed by atoms with Gasteiger partial charge in [0.15, 0.2) is 0 Å². The van der Waals surface area contributed by atoms with E-state index >= 15 is 0 Å². The molecule has 0 aromatic heterocycles. The van der Waals surface area contributed by atoms with Gasteiger partial charge in [0.05, 0.1) is 46.0 Å². The van der Waals surface area contributed by atoms with Gasteiger partial charge in [0.1, 0.15) is 0 Å². The third-order valence-electron chi connectivity index (χ3n) is 39.5. The van der Waals surface area contributed by atoms with E-state index in [1.165, 1.54) is 212 Å². The van der Waals surface area contributed by atoms with E-state index in [1.807, 2.05) is 0 Å². The first-order valence-electron chi connectivity index (χ1n) is 58.8. The minimum absolute atomic E-state index is 0. The van der Waals surface area contributed by atoms with Crippen LogP contribution in [0, 0.1) is 148 Å². The van der Waals surface area contributed by atoms with Gasteiger partial charge in [0.25, 0.3) is 0 Å². The van der Waals surface area contributed by atoms with Crippen molar-refractivity contribution in [3.05, 3.63) is 224 Å². The molecule has 0 bridgehead atoms. The summed E-state index contributed by atoms with van der Waals surface area (Å²) in [6.07, 6.45) is 135. The summed E-state index contributed by atoms with van der Waals surface area (Å²) in [6.45, 7) is 54.4. The van der Waals surface area contributed by atoms with Crippen LogP contribution in [0.25, 0.3) is 0 Å². The van der Waals surface area contributed by atoms with Crippen LogP contribution in [0.15, 0.2) is 194 Å². The first-order valence-corrected chi connectivity index (χ1v) is 87.0. The number of ether oxygens (including phenoxy) is 1. The molecule has 18 rings (SSSR count). The fraction of sp³-hybridized carbons (Fsp3) is 0.723. The Bertz CT molecular complexity index is 3650. The third kappa shape index (κ3) is 36.2. The van der Waals surface area contributed by atoms with Crippen molar-refractivity contribution in [2.75, 3.05) is 6.61 Å². The number of unbranched alkanes of at least 4 members (excludes halogenated alkanes) is 7. The summed E-state index contributed by atoms with van der Waals surface area (Å²) in [4.78, 5) is 0. The van der Waals surface area contributed by atoms with E-state index in [-0.39, 0.29) is 35.3 Å². The molecule has 0 aromatic rings. The van der Waals surface area contributed by atoms with Gasteiger partial charge in [-0.1, -0.05) is 508 Å². The summed E-state index contributed by atoms with van der Waals surface area (Å²) in [5, 5.41) is 0. The molecule has 0 radical (unpaired) electrons. The Morgan fingerprint density at radius 2 is 0.535 bits per heavy atom. The Labute approximate surface area is 927 Å². The number of rotatable bonds is 29. The van der Waals surface area contributed by atoms with Gasteiger partial charge in [-0.2, -0.15) is 0 Å². The molecule has 12 heteroatoms. The molecule has 0 aliphatic heterocycles. The van der Waals surface area contributed by atoms with Crippen molar-refractivity contribution in [1.82, 2.24) is 0 Å². The zero-order valence-corrected chi connectivity index (χ0v) is 110. The summed E-state index contributed by atoms with van der Waals surface area (Å²) in [6, 6.07) is 1.55. The molecule has 142 heavy (non-hydrogen) atoms. The number of hydrogen-bond donors (Lipinski definition) is 0. The quantitative estimate of drug-likeness (QED) is 0.0412. The van der Waals surface area contributed by atoms with E-state index in [4.69, 9.17) is 38.8 Å². The second kappa shape index (κ2) is 67.6. The molecule has 804 valence electrons. The Kier molecular flexibility index (Phi) is 62.9. The van der Waals surface area contributed by atoms with E-state index in [0.29, 0.717) is 0 Å². The molecular weight excluding hydrogens is 2040 g/mol. The third-order valence-corrected chi connectivity index (χ3v) is 66.3. The van der Waals surface area contributed by atoms with E-state index < -0.39 is 82.1 Å². The molecule has 10 saturated carbocycles. The van der Waals surface area contributed by atoms with Gasteiger partial charge in [0.2, 0.25) is 0 Å². The number of hydrogen-bond acceptors (Lipinski definition) is 1. The number of halogens is 4. The van der Waals surface area contributed by atoms with Gasteiger partial charge < -0.3 is 34.4 Å². The Balaban J connectivity index is 0.000000302. The zero-order chi connectivity index (χ0) is 100. The molecule has 1 nitrogen and oxygen atoms in total. The van der Waals surface area contributed by atoms with Gasteiger partial charge in [0, 0.05) is 6.61 Å². The van der Waals surface area contributed by atoms with E-state index in [9.17, 15) is 0 Å². The molecule has 0 heterocycles. The zero-order valence-electron chi connectivity index (χ0n) is 96.7. The summed E-state index contributed by atoms with van der Waals surface area (Å²) in [5.41, 5.74) is 10.3. The summed E-state index contributed by atoms with van der Waals surface area (Å²) in [7, 11) is 13.5. The molecule has 0 spiro atoms. The first-order chi connectivity index (χ1) is 66.5. The monoisotopic (exact) mass is 2260 g/mol.